The molecule has 5 heteroatoms. The highest BCUT2D eigenvalue weighted by atomic mass is 16.5. The molecule has 1 aromatic heterocycles. The van der Waals surface area contributed by atoms with Crippen LogP contribution in [0.5, 0.6) is 5.75 Å². The number of fused-ring (bicyclic) bond motifs is 3. The van der Waals surface area contributed by atoms with Crippen molar-refractivity contribution in [1.82, 2.24) is 0 Å². The number of carbonyl (C=O) groups excluding carboxylic acids is 1. The lowest BCUT2D eigenvalue weighted by atomic mass is 10.0. The highest BCUT2D eigenvalue weighted by Gasteiger charge is 2.13. The van der Waals surface area contributed by atoms with Crippen LogP contribution in [0.1, 0.15) is 15.9 Å². The van der Waals surface area contributed by atoms with Crippen molar-refractivity contribution in [3.8, 4) is 5.75 Å². The molecule has 0 aliphatic carbocycles. The molecule has 0 fully saturated rings. The van der Waals surface area contributed by atoms with Crippen molar-refractivity contribution in [2.75, 3.05) is 0 Å². The minimum Gasteiger partial charge on any atom is -0.508 e. The van der Waals surface area contributed by atoms with E-state index < -0.39 is 11.6 Å². The smallest absolute Gasteiger partial charge is 0.338 e. The Morgan fingerprint density at radius 2 is 1.77 bits per heavy atom. The lowest BCUT2D eigenvalue weighted by Crippen LogP contribution is -2.08. The Morgan fingerprint density at radius 3 is 2.58 bits per heavy atom. The molecular formula is C21H14O5. The molecule has 26 heavy (non-hydrogen) atoms. The van der Waals surface area contributed by atoms with Gasteiger partial charge in [-0.25, -0.2) is 9.59 Å². The van der Waals surface area contributed by atoms with Gasteiger partial charge in [-0.2, -0.15) is 0 Å². The molecule has 128 valence electrons. The summed E-state index contributed by atoms with van der Waals surface area (Å²) in [7, 11) is 0. The summed E-state index contributed by atoms with van der Waals surface area (Å²) in [4.78, 5) is 24.1. The zero-order chi connectivity index (χ0) is 18.1. The molecule has 1 N–H and O–H groups in total. The number of rotatable bonds is 3. The van der Waals surface area contributed by atoms with Gasteiger partial charge < -0.3 is 14.3 Å². The maximum Gasteiger partial charge on any atom is 0.338 e. The Hall–Kier alpha value is -3.60. The second-order valence-electron chi connectivity index (χ2n) is 5.87. The van der Waals surface area contributed by atoms with Crippen LogP contribution in [0.4, 0.5) is 0 Å². The lowest BCUT2D eigenvalue weighted by molar-refractivity contribution is 0.0474. The molecule has 1 heterocycles. The van der Waals surface area contributed by atoms with Gasteiger partial charge in [-0.3, -0.25) is 0 Å². The largest absolute Gasteiger partial charge is 0.508 e. The predicted molar refractivity (Wildman–Crippen MR) is 97.2 cm³/mol. The Bertz CT molecular complexity index is 1170. The lowest BCUT2D eigenvalue weighted by Gasteiger charge is -2.09. The fourth-order valence-electron chi connectivity index (χ4n) is 2.96. The van der Waals surface area contributed by atoms with Crippen LogP contribution in [0.3, 0.4) is 0 Å². The van der Waals surface area contributed by atoms with Crippen LogP contribution in [0, 0.1) is 0 Å². The molecule has 5 nitrogen and oxygen atoms in total. The number of benzene rings is 3. The van der Waals surface area contributed by atoms with Crippen molar-refractivity contribution in [2.24, 2.45) is 0 Å². The fraction of sp³-hybridized carbons (Fsp3) is 0.0476. The summed E-state index contributed by atoms with van der Waals surface area (Å²) in [6.45, 7) is -0.0597. The van der Waals surface area contributed by atoms with Crippen LogP contribution in [-0.2, 0) is 11.3 Å². The number of carbonyl (C=O) groups is 1. The Kier molecular flexibility index (Phi) is 3.89. The summed E-state index contributed by atoms with van der Waals surface area (Å²) in [6, 6.07) is 18.5. The van der Waals surface area contributed by atoms with Gasteiger partial charge >= 0.3 is 11.6 Å². The van der Waals surface area contributed by atoms with E-state index in [0.717, 1.165) is 16.2 Å². The van der Waals surface area contributed by atoms with E-state index in [2.05, 4.69) is 0 Å². The fourth-order valence-corrected chi connectivity index (χ4v) is 2.96. The minimum absolute atomic E-state index is 0.0597. The van der Waals surface area contributed by atoms with Crippen LogP contribution in [0.25, 0.3) is 21.7 Å². The number of aromatic hydroxyl groups is 1. The zero-order valence-corrected chi connectivity index (χ0v) is 13.6. The van der Waals surface area contributed by atoms with Crippen LogP contribution in [0.15, 0.2) is 75.9 Å². The standard InChI is InChI=1S/C21H14O5/c22-16-8-5-14(6-9-16)21(24)25-12-15-11-19(23)26-18-10-7-13-3-1-2-4-17(13)20(15)18/h1-11,22H,12H2. The summed E-state index contributed by atoms with van der Waals surface area (Å²) >= 11 is 0. The van der Waals surface area contributed by atoms with Crippen LogP contribution in [0.2, 0.25) is 0 Å². The number of hydrogen-bond acceptors (Lipinski definition) is 5. The van der Waals surface area contributed by atoms with Gasteiger partial charge in [-0.1, -0.05) is 30.3 Å². The highest BCUT2D eigenvalue weighted by Crippen LogP contribution is 2.28. The molecule has 0 saturated carbocycles. The second-order valence-corrected chi connectivity index (χ2v) is 5.87. The Morgan fingerprint density at radius 1 is 1.00 bits per heavy atom. The van der Waals surface area contributed by atoms with Gasteiger partial charge in [0.05, 0.1) is 5.56 Å². The first-order valence-corrected chi connectivity index (χ1v) is 8.02. The molecule has 0 saturated heterocycles. The number of hydrogen-bond donors (Lipinski definition) is 1. The summed E-state index contributed by atoms with van der Waals surface area (Å²) in [5.74, 6) is -0.466. The molecule has 0 unspecified atom stereocenters. The number of ether oxygens (including phenoxy) is 1. The molecule has 0 atom stereocenters. The SMILES string of the molecule is O=C(OCc1cc(=O)oc2ccc3ccccc3c12)c1ccc(O)cc1. The Balaban J connectivity index is 1.73. The van der Waals surface area contributed by atoms with E-state index in [1.165, 1.54) is 30.3 Å². The van der Waals surface area contributed by atoms with Gasteiger partial charge in [0.25, 0.3) is 0 Å². The van der Waals surface area contributed by atoms with Crippen LogP contribution < -0.4 is 5.63 Å². The van der Waals surface area contributed by atoms with Crippen molar-refractivity contribution in [3.63, 3.8) is 0 Å². The highest BCUT2D eigenvalue weighted by molar-refractivity contribution is 6.07. The zero-order valence-electron chi connectivity index (χ0n) is 13.6. The first-order chi connectivity index (χ1) is 12.6. The predicted octanol–water partition coefficient (Wildman–Crippen LogP) is 4.01. The first kappa shape index (κ1) is 15.9. The summed E-state index contributed by atoms with van der Waals surface area (Å²) < 4.78 is 10.7. The normalized spacial score (nSPS) is 10.9. The number of phenolic OH excluding ortho intramolecular Hbond substituents is 1. The molecule has 0 aliphatic heterocycles. The molecule has 0 amide bonds. The topological polar surface area (TPSA) is 76.7 Å². The van der Waals surface area contributed by atoms with Crippen molar-refractivity contribution >= 4 is 27.7 Å². The van der Waals surface area contributed by atoms with Crippen LogP contribution in [-0.4, -0.2) is 11.1 Å². The van der Waals surface area contributed by atoms with Crippen molar-refractivity contribution in [3.05, 3.63) is 88.3 Å². The van der Waals surface area contributed by atoms with Crippen molar-refractivity contribution < 1.29 is 19.1 Å². The molecule has 0 spiro atoms. The van der Waals surface area contributed by atoms with Gasteiger partial charge in [0.1, 0.15) is 17.9 Å². The van der Waals surface area contributed by atoms with Crippen molar-refractivity contribution in [1.29, 1.82) is 0 Å². The average Bonchev–Trinajstić information content (AvgIpc) is 2.66. The Labute approximate surface area is 148 Å². The number of phenols is 1. The third-order valence-electron chi connectivity index (χ3n) is 4.18. The second kappa shape index (κ2) is 6.37. The molecule has 0 bridgehead atoms. The van der Waals surface area contributed by atoms with E-state index >= 15 is 0 Å². The van der Waals surface area contributed by atoms with Gasteiger partial charge in [-0.15, -0.1) is 0 Å². The summed E-state index contributed by atoms with van der Waals surface area (Å²) in [6.07, 6.45) is 0. The van der Waals surface area contributed by atoms with E-state index in [0.29, 0.717) is 16.7 Å². The third-order valence-corrected chi connectivity index (χ3v) is 4.18. The van der Waals surface area contributed by atoms with Crippen molar-refractivity contribution in [2.45, 2.75) is 6.61 Å². The van der Waals surface area contributed by atoms with E-state index in [4.69, 9.17) is 9.15 Å². The monoisotopic (exact) mass is 346 g/mol. The van der Waals surface area contributed by atoms with E-state index in [1.807, 2.05) is 30.3 Å². The molecule has 4 rings (SSSR count). The minimum atomic E-state index is -0.536. The molecule has 0 aliphatic rings. The third kappa shape index (κ3) is 2.91. The van der Waals surface area contributed by atoms with Gasteiger partial charge in [0.2, 0.25) is 0 Å². The molecule has 0 radical (unpaired) electrons. The van der Waals surface area contributed by atoms with Crippen LogP contribution >= 0.6 is 0 Å². The summed E-state index contributed by atoms with van der Waals surface area (Å²) in [5.41, 5.74) is 0.857. The molecule has 4 aromatic rings. The number of esters is 1. The maximum atomic E-state index is 12.2. The van der Waals surface area contributed by atoms with Gasteiger partial charge in [-0.05, 0) is 41.1 Å². The molecular weight excluding hydrogens is 332 g/mol. The van der Waals surface area contributed by atoms with E-state index in [9.17, 15) is 14.7 Å². The quantitative estimate of drug-likeness (QED) is 0.345. The maximum absolute atomic E-state index is 12.2. The summed E-state index contributed by atoms with van der Waals surface area (Å²) in [5, 5.41) is 12.0. The van der Waals surface area contributed by atoms with E-state index in [-0.39, 0.29) is 12.4 Å². The van der Waals surface area contributed by atoms with E-state index in [1.54, 1.807) is 6.07 Å². The van der Waals surface area contributed by atoms with Gasteiger partial charge in [0.15, 0.2) is 0 Å². The first-order valence-electron chi connectivity index (χ1n) is 8.02. The molecule has 3 aromatic carbocycles. The average molecular weight is 346 g/mol. The van der Waals surface area contributed by atoms with Gasteiger partial charge in [0, 0.05) is 17.0 Å².